The van der Waals surface area contributed by atoms with Crippen LogP contribution in [0.15, 0.2) is 40.2 Å². The van der Waals surface area contributed by atoms with Crippen LogP contribution < -0.4 is 4.74 Å². The molecular weight excluding hydrogens is 388 g/mol. The zero-order valence-corrected chi connectivity index (χ0v) is 14.7. The van der Waals surface area contributed by atoms with E-state index >= 15 is 0 Å². The van der Waals surface area contributed by atoms with Crippen LogP contribution in [-0.4, -0.2) is 12.4 Å². The van der Waals surface area contributed by atoms with Crippen LogP contribution in [0.5, 0.6) is 5.75 Å². The first kappa shape index (κ1) is 15.1. The lowest BCUT2D eigenvalue weighted by Gasteiger charge is -2.13. The van der Waals surface area contributed by atoms with Gasteiger partial charge in [-0.05, 0) is 58.5 Å². The molecule has 0 fully saturated rings. The molecule has 19 heavy (non-hydrogen) atoms. The van der Waals surface area contributed by atoms with Crippen LogP contribution in [0.2, 0.25) is 0 Å². The predicted molar refractivity (Wildman–Crippen MR) is 89.7 cm³/mol. The Bertz CT molecular complexity index is 507. The van der Waals surface area contributed by atoms with Crippen molar-refractivity contribution in [3.63, 3.8) is 0 Å². The van der Waals surface area contributed by atoms with Gasteiger partial charge < -0.3 is 4.74 Å². The Morgan fingerprint density at radius 1 is 1.21 bits per heavy atom. The standard InChI is InChI=1S/C15H16Br2OS/c1-18-14-4-2-11(3-5-14)6-12(9-16)7-15-8-13(17)10-19-15/h2-5,8,10,12H,6-7,9H2,1H3. The highest BCUT2D eigenvalue weighted by Gasteiger charge is 2.11. The topological polar surface area (TPSA) is 9.23 Å². The first-order valence-corrected chi connectivity index (χ1v) is 8.92. The smallest absolute Gasteiger partial charge is 0.118 e. The van der Waals surface area contributed by atoms with Crippen molar-refractivity contribution in [3.05, 3.63) is 50.6 Å². The van der Waals surface area contributed by atoms with Crippen molar-refractivity contribution in [2.24, 2.45) is 5.92 Å². The highest BCUT2D eigenvalue weighted by atomic mass is 79.9. The number of hydrogen-bond donors (Lipinski definition) is 0. The Morgan fingerprint density at radius 3 is 2.47 bits per heavy atom. The van der Waals surface area contributed by atoms with E-state index < -0.39 is 0 Å². The molecule has 0 radical (unpaired) electrons. The molecule has 1 unspecified atom stereocenters. The summed E-state index contributed by atoms with van der Waals surface area (Å²) in [4.78, 5) is 1.44. The largest absolute Gasteiger partial charge is 0.497 e. The highest BCUT2D eigenvalue weighted by molar-refractivity contribution is 9.10. The van der Waals surface area contributed by atoms with Gasteiger partial charge in [-0.3, -0.25) is 0 Å². The van der Waals surface area contributed by atoms with Gasteiger partial charge in [-0.2, -0.15) is 0 Å². The molecule has 102 valence electrons. The van der Waals surface area contributed by atoms with Crippen molar-refractivity contribution in [1.82, 2.24) is 0 Å². The average Bonchev–Trinajstić information content (AvgIpc) is 2.84. The van der Waals surface area contributed by atoms with E-state index in [9.17, 15) is 0 Å². The summed E-state index contributed by atoms with van der Waals surface area (Å²) in [5, 5.41) is 3.17. The fourth-order valence-corrected chi connectivity index (χ4v) is 4.05. The summed E-state index contributed by atoms with van der Waals surface area (Å²) >= 11 is 8.97. The number of benzene rings is 1. The van der Waals surface area contributed by atoms with Crippen LogP contribution in [0.1, 0.15) is 10.4 Å². The molecule has 4 heteroatoms. The van der Waals surface area contributed by atoms with Crippen molar-refractivity contribution in [1.29, 1.82) is 0 Å². The van der Waals surface area contributed by atoms with Crippen LogP contribution in [0.25, 0.3) is 0 Å². The first-order valence-electron chi connectivity index (χ1n) is 6.13. The molecule has 0 aliphatic heterocycles. The SMILES string of the molecule is COc1ccc(CC(CBr)Cc2cc(Br)cs2)cc1. The minimum Gasteiger partial charge on any atom is -0.497 e. The highest BCUT2D eigenvalue weighted by Crippen LogP contribution is 2.25. The molecule has 1 nitrogen and oxygen atoms in total. The molecule has 1 atom stereocenters. The number of alkyl halides is 1. The van der Waals surface area contributed by atoms with Crippen LogP contribution >= 0.6 is 43.2 Å². The maximum absolute atomic E-state index is 5.19. The molecule has 2 aromatic rings. The van der Waals surface area contributed by atoms with E-state index in [0.29, 0.717) is 5.92 Å². The van der Waals surface area contributed by atoms with E-state index in [-0.39, 0.29) is 0 Å². The van der Waals surface area contributed by atoms with E-state index in [1.165, 1.54) is 14.9 Å². The van der Waals surface area contributed by atoms with Gasteiger partial charge >= 0.3 is 0 Å². The molecule has 1 aromatic heterocycles. The van der Waals surface area contributed by atoms with E-state index in [1.807, 2.05) is 23.5 Å². The maximum Gasteiger partial charge on any atom is 0.118 e. The summed E-state index contributed by atoms with van der Waals surface area (Å²) in [6.07, 6.45) is 2.21. The molecule has 0 saturated heterocycles. The van der Waals surface area contributed by atoms with Crippen LogP contribution in [-0.2, 0) is 12.8 Å². The number of methoxy groups -OCH3 is 1. The minimum absolute atomic E-state index is 0.624. The number of halogens is 2. The molecule has 0 spiro atoms. The van der Waals surface area contributed by atoms with Crippen LogP contribution in [0.4, 0.5) is 0 Å². The molecule has 0 saturated carbocycles. The number of rotatable bonds is 6. The quantitative estimate of drug-likeness (QED) is 0.593. The second-order valence-corrected chi connectivity index (χ2v) is 7.07. The van der Waals surface area contributed by atoms with Gasteiger partial charge in [0, 0.05) is 20.1 Å². The van der Waals surface area contributed by atoms with Gasteiger partial charge in [0.15, 0.2) is 0 Å². The summed E-state index contributed by atoms with van der Waals surface area (Å²) < 4.78 is 6.37. The van der Waals surface area contributed by atoms with Crippen molar-refractivity contribution < 1.29 is 4.74 Å². The average molecular weight is 404 g/mol. The summed E-state index contributed by atoms with van der Waals surface area (Å²) in [7, 11) is 1.70. The van der Waals surface area contributed by atoms with Crippen molar-refractivity contribution in [3.8, 4) is 5.75 Å². The van der Waals surface area contributed by atoms with Gasteiger partial charge in [0.1, 0.15) is 5.75 Å². The first-order chi connectivity index (χ1) is 9.21. The Hall–Kier alpha value is -0.320. The number of hydrogen-bond acceptors (Lipinski definition) is 2. The Morgan fingerprint density at radius 2 is 1.95 bits per heavy atom. The maximum atomic E-state index is 5.19. The van der Waals surface area contributed by atoms with E-state index in [0.717, 1.165) is 23.9 Å². The molecule has 0 aliphatic carbocycles. The molecule has 2 rings (SSSR count). The summed E-state index contributed by atoms with van der Waals surface area (Å²) in [6.45, 7) is 0. The summed E-state index contributed by atoms with van der Waals surface area (Å²) in [6, 6.07) is 10.6. The second-order valence-electron chi connectivity index (χ2n) is 4.51. The minimum atomic E-state index is 0.624. The van der Waals surface area contributed by atoms with Crippen molar-refractivity contribution >= 4 is 43.2 Å². The summed E-state index contributed by atoms with van der Waals surface area (Å²) in [5.41, 5.74) is 1.36. The molecular formula is C15H16Br2OS. The normalized spacial score (nSPS) is 12.4. The van der Waals surface area contributed by atoms with Gasteiger partial charge in [0.2, 0.25) is 0 Å². The van der Waals surface area contributed by atoms with E-state index in [2.05, 4.69) is 55.4 Å². The zero-order valence-electron chi connectivity index (χ0n) is 10.7. The number of ether oxygens (including phenoxy) is 1. The molecule has 0 amide bonds. The third kappa shape index (κ3) is 4.62. The third-order valence-corrected chi connectivity index (χ3v) is 5.65. The van der Waals surface area contributed by atoms with Crippen molar-refractivity contribution in [2.75, 3.05) is 12.4 Å². The van der Waals surface area contributed by atoms with E-state index in [4.69, 9.17) is 4.74 Å². The Labute approximate surface area is 135 Å². The van der Waals surface area contributed by atoms with Crippen LogP contribution in [0.3, 0.4) is 0 Å². The van der Waals surface area contributed by atoms with Gasteiger partial charge in [-0.15, -0.1) is 11.3 Å². The molecule has 0 N–H and O–H groups in total. The summed E-state index contributed by atoms with van der Waals surface area (Å²) in [5.74, 6) is 1.54. The fraction of sp³-hybridized carbons (Fsp3) is 0.333. The molecule has 0 bridgehead atoms. The fourth-order valence-electron chi connectivity index (χ4n) is 2.02. The lowest BCUT2D eigenvalue weighted by Crippen LogP contribution is -2.09. The van der Waals surface area contributed by atoms with Gasteiger partial charge in [-0.1, -0.05) is 28.1 Å². The number of thiophene rings is 1. The monoisotopic (exact) mass is 402 g/mol. The third-order valence-electron chi connectivity index (χ3n) is 3.01. The van der Waals surface area contributed by atoms with Gasteiger partial charge in [0.05, 0.1) is 7.11 Å². The lowest BCUT2D eigenvalue weighted by molar-refractivity contribution is 0.414. The Kier molecular flexibility index (Phi) is 5.92. The Balaban J connectivity index is 1.97. The lowest BCUT2D eigenvalue weighted by atomic mass is 9.97. The predicted octanol–water partition coefficient (Wildman–Crippen LogP) is 5.32. The molecule has 1 aromatic carbocycles. The van der Waals surface area contributed by atoms with E-state index in [1.54, 1.807) is 7.11 Å². The van der Waals surface area contributed by atoms with Gasteiger partial charge in [0.25, 0.3) is 0 Å². The molecule has 1 heterocycles. The van der Waals surface area contributed by atoms with Crippen molar-refractivity contribution in [2.45, 2.75) is 12.8 Å². The van der Waals surface area contributed by atoms with Gasteiger partial charge in [-0.25, -0.2) is 0 Å². The molecule has 0 aliphatic rings. The zero-order chi connectivity index (χ0) is 13.7. The van der Waals surface area contributed by atoms with Crippen LogP contribution in [0, 0.1) is 5.92 Å². The second kappa shape index (κ2) is 7.46.